The Morgan fingerprint density at radius 1 is 1.39 bits per heavy atom. The highest BCUT2D eigenvalue weighted by molar-refractivity contribution is 5.15. The van der Waals surface area contributed by atoms with Gasteiger partial charge in [0.15, 0.2) is 5.82 Å². The smallest absolute Gasteiger partial charge is 0.213 e. The van der Waals surface area contributed by atoms with Crippen LogP contribution in [0.2, 0.25) is 0 Å². The van der Waals surface area contributed by atoms with Gasteiger partial charge in [-0.1, -0.05) is 6.07 Å². The monoisotopic (exact) mass is 247 g/mol. The molecule has 2 aromatic heterocycles. The summed E-state index contributed by atoms with van der Waals surface area (Å²) in [6.45, 7) is 1.53. The molecule has 0 aromatic carbocycles. The lowest BCUT2D eigenvalue weighted by atomic mass is 10.3. The molecule has 0 aliphatic heterocycles. The molecule has 0 saturated carbocycles. The van der Waals surface area contributed by atoms with Crippen LogP contribution in [-0.2, 0) is 20.0 Å². The quantitative estimate of drug-likeness (QED) is 0.755. The van der Waals surface area contributed by atoms with Gasteiger partial charge in [0.1, 0.15) is 6.33 Å². The Balaban J connectivity index is 1.74. The van der Waals surface area contributed by atoms with Crippen molar-refractivity contribution < 1.29 is 4.74 Å². The first-order valence-corrected chi connectivity index (χ1v) is 5.83. The molecule has 2 aromatic rings. The van der Waals surface area contributed by atoms with E-state index in [2.05, 4.69) is 20.4 Å². The third-order valence-corrected chi connectivity index (χ3v) is 2.47. The summed E-state index contributed by atoms with van der Waals surface area (Å²) in [5, 5.41) is 7.52. The zero-order valence-corrected chi connectivity index (χ0v) is 10.6. The molecule has 0 aliphatic carbocycles. The number of aromatic nitrogens is 4. The lowest BCUT2D eigenvalue weighted by molar-refractivity contribution is 0.395. The number of methoxy groups -OCH3 is 1. The first kappa shape index (κ1) is 12.5. The number of hydrogen-bond donors (Lipinski definition) is 1. The van der Waals surface area contributed by atoms with Crippen molar-refractivity contribution in [2.75, 3.05) is 13.7 Å². The van der Waals surface area contributed by atoms with Gasteiger partial charge in [0.25, 0.3) is 0 Å². The van der Waals surface area contributed by atoms with E-state index >= 15 is 0 Å². The third-order valence-electron chi connectivity index (χ3n) is 2.47. The number of nitrogens with zero attached hydrogens (tertiary/aromatic N) is 4. The van der Waals surface area contributed by atoms with Crippen molar-refractivity contribution in [3.8, 4) is 5.88 Å². The number of pyridine rings is 1. The van der Waals surface area contributed by atoms with Crippen LogP contribution in [0.3, 0.4) is 0 Å². The van der Waals surface area contributed by atoms with E-state index in [1.807, 2.05) is 25.2 Å². The zero-order valence-electron chi connectivity index (χ0n) is 10.6. The fourth-order valence-corrected chi connectivity index (χ4v) is 1.58. The Hall–Kier alpha value is -1.95. The second-order valence-electron chi connectivity index (χ2n) is 3.93. The van der Waals surface area contributed by atoms with Crippen molar-refractivity contribution in [2.24, 2.45) is 7.05 Å². The molecule has 0 radical (unpaired) electrons. The molecule has 0 spiro atoms. The fraction of sp³-hybridized carbons (Fsp3) is 0.417. The summed E-state index contributed by atoms with van der Waals surface area (Å²) >= 11 is 0. The maximum Gasteiger partial charge on any atom is 0.213 e. The molecule has 0 bridgehead atoms. The normalized spacial score (nSPS) is 10.6. The molecule has 2 rings (SSSR count). The Bertz CT molecular complexity index is 497. The van der Waals surface area contributed by atoms with Crippen LogP contribution in [-0.4, -0.2) is 33.4 Å². The van der Waals surface area contributed by atoms with Gasteiger partial charge in [-0.2, -0.15) is 5.10 Å². The minimum atomic E-state index is 0.640. The first-order valence-electron chi connectivity index (χ1n) is 5.83. The Morgan fingerprint density at radius 3 is 3.00 bits per heavy atom. The van der Waals surface area contributed by atoms with Crippen LogP contribution in [0.25, 0.3) is 0 Å². The van der Waals surface area contributed by atoms with Crippen molar-refractivity contribution in [2.45, 2.75) is 13.0 Å². The average molecular weight is 247 g/mol. The third kappa shape index (κ3) is 3.53. The van der Waals surface area contributed by atoms with Crippen molar-refractivity contribution >= 4 is 0 Å². The minimum absolute atomic E-state index is 0.640. The Kier molecular flexibility index (Phi) is 4.25. The fourth-order valence-electron chi connectivity index (χ4n) is 1.58. The van der Waals surface area contributed by atoms with Crippen LogP contribution >= 0.6 is 0 Å². The van der Waals surface area contributed by atoms with E-state index in [-0.39, 0.29) is 0 Å². The van der Waals surface area contributed by atoms with Crippen LogP contribution < -0.4 is 10.1 Å². The summed E-state index contributed by atoms with van der Waals surface area (Å²) in [6, 6.07) is 5.74. The van der Waals surface area contributed by atoms with Gasteiger partial charge >= 0.3 is 0 Å². The highest BCUT2D eigenvalue weighted by Gasteiger charge is 2.00. The predicted octanol–water partition coefficient (Wildman–Crippen LogP) is 0.551. The topological polar surface area (TPSA) is 64.9 Å². The molecule has 6 heteroatoms. The van der Waals surface area contributed by atoms with E-state index < -0.39 is 0 Å². The molecule has 0 unspecified atom stereocenters. The van der Waals surface area contributed by atoms with E-state index in [0.29, 0.717) is 12.4 Å². The molecule has 1 N–H and O–H groups in total. The molecular formula is C12H17N5O. The largest absolute Gasteiger partial charge is 0.481 e. The zero-order chi connectivity index (χ0) is 12.8. The van der Waals surface area contributed by atoms with Crippen molar-refractivity contribution in [1.82, 2.24) is 25.1 Å². The van der Waals surface area contributed by atoms with Crippen LogP contribution in [0.4, 0.5) is 0 Å². The summed E-state index contributed by atoms with van der Waals surface area (Å²) in [5.41, 5.74) is 0.961. The van der Waals surface area contributed by atoms with Gasteiger partial charge in [-0.05, 0) is 6.07 Å². The van der Waals surface area contributed by atoms with Gasteiger partial charge in [0, 0.05) is 32.6 Å². The van der Waals surface area contributed by atoms with E-state index in [1.165, 1.54) is 0 Å². The van der Waals surface area contributed by atoms with Gasteiger partial charge in [0.05, 0.1) is 12.8 Å². The molecule has 0 atom stereocenters. The number of nitrogens with one attached hydrogen (secondary N) is 1. The van der Waals surface area contributed by atoms with E-state index in [4.69, 9.17) is 4.74 Å². The predicted molar refractivity (Wildman–Crippen MR) is 67.2 cm³/mol. The minimum Gasteiger partial charge on any atom is -0.481 e. The standard InChI is InChI=1S/C12H17N5O/c1-17-9-14-11(16-17)6-7-13-8-10-4-3-5-12(15-10)18-2/h3-5,9,13H,6-8H2,1-2H3. The van der Waals surface area contributed by atoms with Gasteiger partial charge in [-0.15, -0.1) is 0 Å². The van der Waals surface area contributed by atoms with Gasteiger partial charge in [0.2, 0.25) is 5.88 Å². The van der Waals surface area contributed by atoms with Gasteiger partial charge < -0.3 is 10.1 Å². The van der Waals surface area contributed by atoms with Crippen LogP contribution in [0.1, 0.15) is 11.5 Å². The highest BCUT2D eigenvalue weighted by atomic mass is 16.5. The van der Waals surface area contributed by atoms with Crippen LogP contribution in [0, 0.1) is 0 Å². The molecule has 0 saturated heterocycles. The molecular weight excluding hydrogens is 230 g/mol. The van der Waals surface area contributed by atoms with Crippen molar-refractivity contribution in [3.05, 3.63) is 36.0 Å². The van der Waals surface area contributed by atoms with Crippen LogP contribution in [0.5, 0.6) is 5.88 Å². The van der Waals surface area contributed by atoms with E-state index in [0.717, 1.165) is 24.5 Å². The summed E-state index contributed by atoms with van der Waals surface area (Å²) < 4.78 is 6.78. The lowest BCUT2D eigenvalue weighted by Crippen LogP contribution is -2.18. The van der Waals surface area contributed by atoms with Gasteiger partial charge in [-0.3, -0.25) is 4.68 Å². The summed E-state index contributed by atoms with van der Waals surface area (Å²) in [7, 11) is 3.48. The van der Waals surface area contributed by atoms with E-state index in [1.54, 1.807) is 18.1 Å². The van der Waals surface area contributed by atoms with Crippen molar-refractivity contribution in [3.63, 3.8) is 0 Å². The molecule has 0 amide bonds. The summed E-state index contributed by atoms with van der Waals surface area (Å²) in [4.78, 5) is 8.48. The number of rotatable bonds is 6. The molecule has 6 nitrogen and oxygen atoms in total. The van der Waals surface area contributed by atoms with E-state index in [9.17, 15) is 0 Å². The highest BCUT2D eigenvalue weighted by Crippen LogP contribution is 2.05. The maximum absolute atomic E-state index is 5.07. The average Bonchev–Trinajstić information content (AvgIpc) is 2.81. The number of aryl methyl sites for hydroxylation is 1. The molecule has 0 fully saturated rings. The number of hydrogen-bond acceptors (Lipinski definition) is 5. The second kappa shape index (κ2) is 6.11. The Labute approximate surface area is 106 Å². The molecule has 2 heterocycles. The SMILES string of the molecule is COc1cccc(CNCCc2ncn(C)n2)n1. The molecule has 96 valence electrons. The summed E-state index contributed by atoms with van der Waals surface area (Å²) in [6.07, 6.45) is 2.52. The van der Waals surface area contributed by atoms with Crippen LogP contribution in [0.15, 0.2) is 24.5 Å². The summed E-state index contributed by atoms with van der Waals surface area (Å²) in [5.74, 6) is 1.49. The second-order valence-corrected chi connectivity index (χ2v) is 3.93. The molecule has 18 heavy (non-hydrogen) atoms. The lowest BCUT2D eigenvalue weighted by Gasteiger charge is -2.04. The van der Waals surface area contributed by atoms with Crippen molar-refractivity contribution in [1.29, 1.82) is 0 Å². The maximum atomic E-state index is 5.07. The van der Waals surface area contributed by atoms with Gasteiger partial charge in [-0.25, -0.2) is 9.97 Å². The molecule has 0 aliphatic rings. The number of ether oxygens (including phenoxy) is 1. The Morgan fingerprint density at radius 2 is 2.28 bits per heavy atom. The first-order chi connectivity index (χ1) is 8.78.